The molecule has 1 aromatic carbocycles. The van der Waals surface area contributed by atoms with E-state index in [0.717, 1.165) is 25.2 Å². The van der Waals surface area contributed by atoms with Gasteiger partial charge in [0.2, 0.25) is 5.95 Å². The highest BCUT2D eigenvalue weighted by molar-refractivity contribution is 5.94. The summed E-state index contributed by atoms with van der Waals surface area (Å²) in [6.07, 6.45) is 5.65. The average molecular weight is 342 g/mol. The number of carbonyl (C=O) groups is 1. The Labute approximate surface area is 146 Å². The molecule has 7 heteroatoms. The minimum Gasteiger partial charge on any atom is -0.491 e. The Balaban J connectivity index is 1.38. The number of carbonyl (C=O) groups excluding carboxylic acids is 1. The molecule has 2 N–H and O–H groups in total. The van der Waals surface area contributed by atoms with E-state index in [0.29, 0.717) is 31.2 Å². The molecule has 132 valence electrons. The molecule has 0 radical (unpaired) electrons. The van der Waals surface area contributed by atoms with Crippen LogP contribution in [0.4, 0.5) is 5.95 Å². The zero-order valence-electron chi connectivity index (χ0n) is 14.0. The van der Waals surface area contributed by atoms with Gasteiger partial charge in [0, 0.05) is 37.7 Å². The van der Waals surface area contributed by atoms with E-state index in [2.05, 4.69) is 20.6 Å². The SMILES string of the molecule is O=C(NCCNc1ncccn1)c1ccc(OC[C@@H]2CCCO2)cc1. The van der Waals surface area contributed by atoms with E-state index in [9.17, 15) is 4.79 Å². The van der Waals surface area contributed by atoms with Gasteiger partial charge in [-0.3, -0.25) is 4.79 Å². The summed E-state index contributed by atoms with van der Waals surface area (Å²) < 4.78 is 11.2. The smallest absolute Gasteiger partial charge is 0.251 e. The highest BCUT2D eigenvalue weighted by atomic mass is 16.5. The monoisotopic (exact) mass is 342 g/mol. The van der Waals surface area contributed by atoms with Crippen molar-refractivity contribution in [2.24, 2.45) is 0 Å². The summed E-state index contributed by atoms with van der Waals surface area (Å²) >= 11 is 0. The quantitative estimate of drug-likeness (QED) is 0.713. The van der Waals surface area contributed by atoms with Gasteiger partial charge in [-0.15, -0.1) is 0 Å². The topological polar surface area (TPSA) is 85.4 Å². The number of hydrogen-bond acceptors (Lipinski definition) is 6. The van der Waals surface area contributed by atoms with Crippen LogP contribution in [-0.2, 0) is 4.74 Å². The van der Waals surface area contributed by atoms with E-state index >= 15 is 0 Å². The molecule has 7 nitrogen and oxygen atoms in total. The molecule has 1 aromatic heterocycles. The number of hydrogen-bond donors (Lipinski definition) is 2. The molecule has 0 aliphatic carbocycles. The highest BCUT2D eigenvalue weighted by Gasteiger charge is 2.16. The van der Waals surface area contributed by atoms with E-state index in [-0.39, 0.29) is 12.0 Å². The zero-order chi connectivity index (χ0) is 17.3. The summed E-state index contributed by atoms with van der Waals surface area (Å²) in [6.45, 7) is 2.41. The minimum absolute atomic E-state index is 0.124. The van der Waals surface area contributed by atoms with Gasteiger partial charge in [0.25, 0.3) is 5.91 Å². The number of nitrogens with one attached hydrogen (secondary N) is 2. The normalized spacial score (nSPS) is 16.4. The fraction of sp³-hybridized carbons (Fsp3) is 0.389. The molecule has 1 aliphatic rings. The van der Waals surface area contributed by atoms with Crippen LogP contribution in [0.1, 0.15) is 23.2 Å². The Morgan fingerprint density at radius 1 is 1.20 bits per heavy atom. The molecule has 2 aromatic rings. The maximum atomic E-state index is 12.1. The lowest BCUT2D eigenvalue weighted by Crippen LogP contribution is -2.29. The number of anilines is 1. The van der Waals surface area contributed by atoms with Crippen molar-refractivity contribution in [2.75, 3.05) is 31.6 Å². The van der Waals surface area contributed by atoms with Gasteiger partial charge in [0.1, 0.15) is 12.4 Å². The van der Waals surface area contributed by atoms with Gasteiger partial charge in [-0.2, -0.15) is 0 Å². The van der Waals surface area contributed by atoms with Gasteiger partial charge < -0.3 is 20.1 Å². The summed E-state index contributed by atoms with van der Waals surface area (Å²) in [7, 11) is 0. The molecular weight excluding hydrogens is 320 g/mol. The van der Waals surface area contributed by atoms with E-state index < -0.39 is 0 Å². The molecule has 1 fully saturated rings. The maximum Gasteiger partial charge on any atom is 0.251 e. The van der Waals surface area contributed by atoms with Crippen LogP contribution in [-0.4, -0.2) is 48.3 Å². The van der Waals surface area contributed by atoms with Crippen molar-refractivity contribution in [3.05, 3.63) is 48.3 Å². The molecule has 1 saturated heterocycles. The highest BCUT2D eigenvalue weighted by Crippen LogP contribution is 2.16. The first-order valence-corrected chi connectivity index (χ1v) is 8.45. The van der Waals surface area contributed by atoms with Gasteiger partial charge in [0.15, 0.2) is 0 Å². The van der Waals surface area contributed by atoms with Gasteiger partial charge in [-0.25, -0.2) is 9.97 Å². The zero-order valence-corrected chi connectivity index (χ0v) is 14.0. The molecular formula is C18H22N4O3. The van der Waals surface area contributed by atoms with E-state index in [4.69, 9.17) is 9.47 Å². The number of benzene rings is 1. The second-order valence-corrected chi connectivity index (χ2v) is 5.73. The van der Waals surface area contributed by atoms with Crippen molar-refractivity contribution in [1.82, 2.24) is 15.3 Å². The first kappa shape index (κ1) is 17.2. The minimum atomic E-state index is -0.124. The largest absolute Gasteiger partial charge is 0.491 e. The van der Waals surface area contributed by atoms with E-state index in [1.807, 2.05) is 0 Å². The lowest BCUT2D eigenvalue weighted by molar-refractivity contribution is 0.0679. The second kappa shape index (κ2) is 8.98. The molecule has 25 heavy (non-hydrogen) atoms. The van der Waals surface area contributed by atoms with Crippen LogP contribution in [0.5, 0.6) is 5.75 Å². The van der Waals surface area contributed by atoms with Crippen molar-refractivity contribution in [3.63, 3.8) is 0 Å². The first-order chi connectivity index (χ1) is 12.3. The molecule has 0 bridgehead atoms. The third-order valence-corrected chi connectivity index (χ3v) is 3.84. The Morgan fingerprint density at radius 2 is 2.00 bits per heavy atom. The Bertz CT molecular complexity index is 658. The van der Waals surface area contributed by atoms with Gasteiger partial charge in [-0.1, -0.05) is 0 Å². The molecule has 0 unspecified atom stereocenters. The number of amides is 1. The molecule has 1 amide bonds. The van der Waals surface area contributed by atoms with Crippen molar-refractivity contribution < 1.29 is 14.3 Å². The van der Waals surface area contributed by atoms with Crippen molar-refractivity contribution in [2.45, 2.75) is 18.9 Å². The summed E-state index contributed by atoms with van der Waals surface area (Å²) in [4.78, 5) is 20.2. The van der Waals surface area contributed by atoms with Crippen LogP contribution < -0.4 is 15.4 Å². The first-order valence-electron chi connectivity index (χ1n) is 8.45. The molecule has 1 aliphatic heterocycles. The summed E-state index contributed by atoms with van der Waals surface area (Å²) in [5, 5.41) is 5.88. The van der Waals surface area contributed by atoms with Gasteiger partial charge >= 0.3 is 0 Å². The molecule has 1 atom stereocenters. The van der Waals surface area contributed by atoms with Gasteiger partial charge in [-0.05, 0) is 43.2 Å². The van der Waals surface area contributed by atoms with Crippen molar-refractivity contribution in [1.29, 1.82) is 0 Å². The standard InChI is InChI=1S/C18H22N4O3/c23-17(19-10-11-22-18-20-8-2-9-21-18)14-4-6-15(7-5-14)25-13-16-3-1-12-24-16/h2,4-9,16H,1,3,10-13H2,(H,19,23)(H,20,21,22)/t16-/m0/s1. The molecule has 0 saturated carbocycles. The lowest BCUT2D eigenvalue weighted by Gasteiger charge is -2.12. The molecule has 2 heterocycles. The predicted octanol–water partition coefficient (Wildman–Crippen LogP) is 1.88. The third kappa shape index (κ3) is 5.42. The van der Waals surface area contributed by atoms with Crippen LogP contribution in [0.3, 0.4) is 0 Å². The number of aromatic nitrogens is 2. The van der Waals surface area contributed by atoms with E-state index in [1.165, 1.54) is 0 Å². The fourth-order valence-corrected chi connectivity index (χ4v) is 2.51. The summed E-state index contributed by atoms with van der Waals surface area (Å²) in [5.74, 6) is 1.17. The Kier molecular flexibility index (Phi) is 6.17. The van der Waals surface area contributed by atoms with Crippen LogP contribution in [0.2, 0.25) is 0 Å². The predicted molar refractivity (Wildman–Crippen MR) is 93.8 cm³/mol. The van der Waals surface area contributed by atoms with Crippen molar-refractivity contribution >= 4 is 11.9 Å². The van der Waals surface area contributed by atoms with Crippen LogP contribution in [0.15, 0.2) is 42.7 Å². The average Bonchev–Trinajstić information content (AvgIpc) is 3.18. The Hall–Kier alpha value is -2.67. The number of ether oxygens (including phenoxy) is 2. The summed E-state index contributed by atoms with van der Waals surface area (Å²) in [6, 6.07) is 8.88. The van der Waals surface area contributed by atoms with Crippen LogP contribution in [0, 0.1) is 0 Å². The third-order valence-electron chi connectivity index (χ3n) is 3.84. The maximum absolute atomic E-state index is 12.1. The fourth-order valence-electron chi connectivity index (χ4n) is 2.51. The van der Waals surface area contributed by atoms with E-state index in [1.54, 1.807) is 42.7 Å². The lowest BCUT2D eigenvalue weighted by atomic mass is 10.2. The molecule has 3 rings (SSSR count). The number of nitrogens with zero attached hydrogens (tertiary/aromatic N) is 2. The van der Waals surface area contributed by atoms with Crippen LogP contribution in [0.25, 0.3) is 0 Å². The number of rotatable bonds is 8. The Morgan fingerprint density at radius 3 is 2.72 bits per heavy atom. The van der Waals surface area contributed by atoms with Gasteiger partial charge in [0.05, 0.1) is 6.10 Å². The molecule has 0 spiro atoms. The summed E-state index contributed by atoms with van der Waals surface area (Å²) in [5.41, 5.74) is 0.598. The second-order valence-electron chi connectivity index (χ2n) is 5.73. The van der Waals surface area contributed by atoms with Crippen molar-refractivity contribution in [3.8, 4) is 5.75 Å². The van der Waals surface area contributed by atoms with Crippen LogP contribution >= 0.6 is 0 Å².